The maximum atomic E-state index is 11.6. The number of hydrogen-bond donors (Lipinski definition) is 1. The number of rotatable bonds is 3. The molecule has 1 amide bonds. The third kappa shape index (κ3) is 3.08. The summed E-state index contributed by atoms with van der Waals surface area (Å²) < 4.78 is 4.89. The molecule has 0 heterocycles. The standard InChI is InChI=1S/C12H15NO3/c1-7-4-8(2)6-10(5-7)12(15)16-9(3)11(13)14/h4-6,9H,1-3H3,(H2,13,14)/t9-/m1/s1. The second kappa shape index (κ2) is 4.79. The highest BCUT2D eigenvalue weighted by Gasteiger charge is 2.16. The molecule has 0 aliphatic rings. The van der Waals surface area contributed by atoms with E-state index in [2.05, 4.69) is 0 Å². The Morgan fingerprint density at radius 2 is 1.69 bits per heavy atom. The fourth-order valence-corrected chi connectivity index (χ4v) is 1.38. The molecule has 0 unspecified atom stereocenters. The van der Waals surface area contributed by atoms with Gasteiger partial charge >= 0.3 is 5.97 Å². The molecule has 1 aromatic rings. The lowest BCUT2D eigenvalue weighted by Gasteiger charge is -2.10. The van der Waals surface area contributed by atoms with Crippen LogP contribution < -0.4 is 5.73 Å². The summed E-state index contributed by atoms with van der Waals surface area (Å²) in [6.07, 6.45) is -0.909. The zero-order chi connectivity index (χ0) is 12.3. The van der Waals surface area contributed by atoms with E-state index < -0.39 is 18.0 Å². The van der Waals surface area contributed by atoms with Crippen LogP contribution in [0.25, 0.3) is 0 Å². The maximum absolute atomic E-state index is 11.6. The molecule has 0 aromatic heterocycles. The summed E-state index contributed by atoms with van der Waals surface area (Å²) in [5.74, 6) is -1.18. The number of nitrogens with two attached hydrogens (primary N) is 1. The topological polar surface area (TPSA) is 69.4 Å². The van der Waals surface area contributed by atoms with Crippen LogP contribution in [0.2, 0.25) is 0 Å². The molecule has 0 saturated carbocycles. The summed E-state index contributed by atoms with van der Waals surface area (Å²) in [5, 5.41) is 0. The monoisotopic (exact) mass is 221 g/mol. The number of aryl methyl sites for hydroxylation is 2. The summed E-state index contributed by atoms with van der Waals surface area (Å²) in [6.45, 7) is 5.23. The lowest BCUT2D eigenvalue weighted by Crippen LogP contribution is -2.30. The number of carbonyl (C=O) groups excluding carboxylic acids is 2. The van der Waals surface area contributed by atoms with Crippen molar-refractivity contribution in [2.24, 2.45) is 5.73 Å². The molecule has 16 heavy (non-hydrogen) atoms. The number of amides is 1. The van der Waals surface area contributed by atoms with Crippen LogP contribution in [0, 0.1) is 13.8 Å². The van der Waals surface area contributed by atoms with E-state index in [4.69, 9.17) is 10.5 Å². The molecule has 0 fully saturated rings. The van der Waals surface area contributed by atoms with Crippen LogP contribution in [-0.4, -0.2) is 18.0 Å². The van der Waals surface area contributed by atoms with Crippen molar-refractivity contribution in [3.63, 3.8) is 0 Å². The van der Waals surface area contributed by atoms with Gasteiger partial charge in [-0.15, -0.1) is 0 Å². The van der Waals surface area contributed by atoms with Gasteiger partial charge in [-0.25, -0.2) is 4.79 Å². The number of carbonyl (C=O) groups is 2. The molecule has 0 spiro atoms. The van der Waals surface area contributed by atoms with Gasteiger partial charge in [0.1, 0.15) is 0 Å². The van der Waals surface area contributed by atoms with Gasteiger partial charge in [-0.3, -0.25) is 4.79 Å². The van der Waals surface area contributed by atoms with Crippen molar-refractivity contribution in [2.75, 3.05) is 0 Å². The molecule has 0 radical (unpaired) electrons. The second-order valence-electron chi connectivity index (χ2n) is 3.83. The van der Waals surface area contributed by atoms with Gasteiger partial charge in [0.25, 0.3) is 5.91 Å². The molecular weight excluding hydrogens is 206 g/mol. The third-order valence-electron chi connectivity index (χ3n) is 2.14. The van der Waals surface area contributed by atoms with E-state index in [1.165, 1.54) is 6.92 Å². The molecule has 1 aromatic carbocycles. The van der Waals surface area contributed by atoms with Crippen molar-refractivity contribution >= 4 is 11.9 Å². The van der Waals surface area contributed by atoms with E-state index in [0.29, 0.717) is 5.56 Å². The predicted octanol–water partition coefficient (Wildman–Crippen LogP) is 1.33. The zero-order valence-electron chi connectivity index (χ0n) is 9.61. The van der Waals surface area contributed by atoms with Crippen molar-refractivity contribution in [1.29, 1.82) is 0 Å². The summed E-state index contributed by atoms with van der Waals surface area (Å²) in [4.78, 5) is 22.4. The van der Waals surface area contributed by atoms with Crippen LogP contribution in [0.5, 0.6) is 0 Å². The molecule has 4 nitrogen and oxygen atoms in total. The predicted molar refractivity (Wildman–Crippen MR) is 60.0 cm³/mol. The lowest BCUT2D eigenvalue weighted by atomic mass is 10.1. The van der Waals surface area contributed by atoms with Crippen LogP contribution in [-0.2, 0) is 9.53 Å². The van der Waals surface area contributed by atoms with E-state index in [0.717, 1.165) is 11.1 Å². The largest absolute Gasteiger partial charge is 0.449 e. The molecule has 0 saturated heterocycles. The zero-order valence-corrected chi connectivity index (χ0v) is 9.61. The van der Waals surface area contributed by atoms with E-state index >= 15 is 0 Å². The van der Waals surface area contributed by atoms with Crippen molar-refractivity contribution in [1.82, 2.24) is 0 Å². The molecule has 4 heteroatoms. The van der Waals surface area contributed by atoms with E-state index in [1.54, 1.807) is 12.1 Å². The Balaban J connectivity index is 2.84. The van der Waals surface area contributed by atoms with Crippen LogP contribution in [0.3, 0.4) is 0 Å². The van der Waals surface area contributed by atoms with Crippen molar-refractivity contribution < 1.29 is 14.3 Å². The maximum Gasteiger partial charge on any atom is 0.338 e. The number of primary amides is 1. The first-order chi connectivity index (χ1) is 7.40. The molecule has 0 bridgehead atoms. The van der Waals surface area contributed by atoms with Gasteiger partial charge in [0.05, 0.1) is 5.56 Å². The Kier molecular flexibility index (Phi) is 3.66. The fraction of sp³-hybridized carbons (Fsp3) is 0.333. The fourth-order valence-electron chi connectivity index (χ4n) is 1.38. The Bertz CT molecular complexity index is 406. The van der Waals surface area contributed by atoms with Crippen molar-refractivity contribution in [2.45, 2.75) is 26.9 Å². The number of ether oxygens (including phenoxy) is 1. The molecule has 1 atom stereocenters. The minimum Gasteiger partial charge on any atom is -0.449 e. The Morgan fingerprint density at radius 3 is 2.12 bits per heavy atom. The molecule has 1 rings (SSSR count). The Hall–Kier alpha value is -1.84. The van der Waals surface area contributed by atoms with Gasteiger partial charge in [0.2, 0.25) is 0 Å². The third-order valence-corrected chi connectivity index (χ3v) is 2.14. The number of benzene rings is 1. The summed E-state index contributed by atoms with van der Waals surface area (Å²) in [6, 6.07) is 5.38. The minimum absolute atomic E-state index is 0.436. The highest BCUT2D eigenvalue weighted by Crippen LogP contribution is 2.10. The van der Waals surface area contributed by atoms with Gasteiger partial charge in [-0.2, -0.15) is 0 Å². The molecule has 2 N–H and O–H groups in total. The van der Waals surface area contributed by atoms with Crippen molar-refractivity contribution in [3.05, 3.63) is 34.9 Å². The lowest BCUT2D eigenvalue weighted by molar-refractivity contribution is -0.125. The quantitative estimate of drug-likeness (QED) is 0.783. The van der Waals surface area contributed by atoms with Crippen LogP contribution in [0.1, 0.15) is 28.4 Å². The van der Waals surface area contributed by atoms with E-state index in [1.807, 2.05) is 19.9 Å². The van der Waals surface area contributed by atoms with Crippen LogP contribution in [0.4, 0.5) is 0 Å². The Labute approximate surface area is 94.4 Å². The normalized spacial score (nSPS) is 11.9. The van der Waals surface area contributed by atoms with Gasteiger partial charge in [0.15, 0.2) is 6.10 Å². The molecular formula is C12H15NO3. The average Bonchev–Trinajstić information content (AvgIpc) is 2.15. The second-order valence-corrected chi connectivity index (χ2v) is 3.83. The van der Waals surface area contributed by atoms with Gasteiger partial charge < -0.3 is 10.5 Å². The first-order valence-electron chi connectivity index (χ1n) is 4.98. The average molecular weight is 221 g/mol. The number of esters is 1. The van der Waals surface area contributed by atoms with Gasteiger partial charge in [-0.1, -0.05) is 17.2 Å². The first-order valence-corrected chi connectivity index (χ1v) is 4.98. The van der Waals surface area contributed by atoms with Gasteiger partial charge in [-0.05, 0) is 32.9 Å². The smallest absolute Gasteiger partial charge is 0.338 e. The summed E-state index contributed by atoms with van der Waals surface area (Å²) >= 11 is 0. The molecule has 0 aliphatic carbocycles. The van der Waals surface area contributed by atoms with Gasteiger partial charge in [0, 0.05) is 0 Å². The van der Waals surface area contributed by atoms with Crippen molar-refractivity contribution in [3.8, 4) is 0 Å². The summed E-state index contributed by atoms with van der Waals surface area (Å²) in [5.41, 5.74) is 7.38. The molecule has 86 valence electrons. The highest BCUT2D eigenvalue weighted by molar-refractivity contribution is 5.92. The highest BCUT2D eigenvalue weighted by atomic mass is 16.5. The van der Waals surface area contributed by atoms with Crippen LogP contribution in [0.15, 0.2) is 18.2 Å². The first kappa shape index (κ1) is 12.2. The Morgan fingerprint density at radius 1 is 1.19 bits per heavy atom. The molecule has 0 aliphatic heterocycles. The van der Waals surface area contributed by atoms with E-state index in [9.17, 15) is 9.59 Å². The van der Waals surface area contributed by atoms with E-state index in [-0.39, 0.29) is 0 Å². The SMILES string of the molecule is Cc1cc(C)cc(C(=O)O[C@H](C)C(N)=O)c1. The minimum atomic E-state index is -0.909. The number of hydrogen-bond acceptors (Lipinski definition) is 3. The summed E-state index contributed by atoms with van der Waals surface area (Å²) in [7, 11) is 0. The van der Waals surface area contributed by atoms with Crippen LogP contribution >= 0.6 is 0 Å².